The number of hydrogen-bond donors (Lipinski definition) is 1. The van der Waals surface area contributed by atoms with Gasteiger partial charge in [-0.2, -0.15) is 13.2 Å². The van der Waals surface area contributed by atoms with Crippen LogP contribution in [-0.4, -0.2) is 10.9 Å². The molecule has 3 rings (SSSR count). The van der Waals surface area contributed by atoms with E-state index in [4.69, 9.17) is 0 Å². The summed E-state index contributed by atoms with van der Waals surface area (Å²) < 4.78 is 39.4. The van der Waals surface area contributed by atoms with Gasteiger partial charge in [-0.05, 0) is 30.2 Å². The van der Waals surface area contributed by atoms with Gasteiger partial charge in [0.2, 0.25) is 5.91 Å². The summed E-state index contributed by atoms with van der Waals surface area (Å²) in [4.78, 5) is 16.1. The molecule has 3 nitrogen and oxygen atoms in total. The number of carbonyl (C=O) groups excluding carboxylic acids is 1. The molecule has 0 aliphatic rings. The molecule has 0 bridgehead atoms. The number of carbonyl (C=O) groups is 1. The topological polar surface area (TPSA) is 42.0 Å². The molecule has 0 aliphatic carbocycles. The van der Waals surface area contributed by atoms with Gasteiger partial charge < -0.3 is 5.32 Å². The molecular weight excluding hydrogens is 337 g/mol. The van der Waals surface area contributed by atoms with Gasteiger partial charge in [0.25, 0.3) is 0 Å². The molecule has 7 heteroatoms. The number of rotatable bonds is 3. The Morgan fingerprint density at radius 2 is 1.92 bits per heavy atom. The van der Waals surface area contributed by atoms with E-state index in [9.17, 15) is 18.0 Å². The number of alkyl halides is 3. The number of para-hydroxylation sites is 1. The van der Waals surface area contributed by atoms with Gasteiger partial charge in [0.05, 0.1) is 22.2 Å². The largest absolute Gasteiger partial charge is 0.418 e. The van der Waals surface area contributed by atoms with Crippen LogP contribution < -0.4 is 5.32 Å². The lowest BCUT2D eigenvalue weighted by molar-refractivity contribution is -0.136. The summed E-state index contributed by atoms with van der Waals surface area (Å²) in [5, 5.41) is 2.75. The van der Waals surface area contributed by atoms with Crippen molar-refractivity contribution in [2.75, 3.05) is 5.32 Å². The van der Waals surface area contributed by atoms with Crippen LogP contribution >= 0.6 is 11.3 Å². The van der Waals surface area contributed by atoms with E-state index in [1.165, 1.54) is 6.07 Å². The lowest BCUT2D eigenvalue weighted by atomic mass is 10.1. The van der Waals surface area contributed by atoms with Crippen LogP contribution in [0.1, 0.15) is 16.7 Å². The number of nitrogens with zero attached hydrogens (tertiary/aromatic N) is 1. The Bertz CT molecular complexity index is 902. The Morgan fingerprint density at radius 3 is 2.62 bits per heavy atom. The van der Waals surface area contributed by atoms with Crippen molar-refractivity contribution < 1.29 is 18.0 Å². The summed E-state index contributed by atoms with van der Waals surface area (Å²) in [5.74, 6) is -0.308. The first-order valence-corrected chi connectivity index (χ1v) is 7.97. The summed E-state index contributed by atoms with van der Waals surface area (Å²) in [5.41, 5.74) is 0.917. The number of anilines is 1. The Morgan fingerprint density at radius 1 is 1.17 bits per heavy atom. The minimum absolute atomic E-state index is 0.138. The number of thiazole rings is 1. The van der Waals surface area contributed by atoms with E-state index < -0.39 is 11.7 Å². The van der Waals surface area contributed by atoms with Crippen LogP contribution in [0.5, 0.6) is 0 Å². The van der Waals surface area contributed by atoms with Crippen molar-refractivity contribution in [3.8, 4) is 0 Å². The number of fused-ring (bicyclic) bond motifs is 1. The van der Waals surface area contributed by atoms with Gasteiger partial charge in [-0.15, -0.1) is 0 Å². The molecule has 1 heterocycles. The quantitative estimate of drug-likeness (QED) is 0.737. The van der Waals surface area contributed by atoms with Crippen molar-refractivity contribution in [1.29, 1.82) is 0 Å². The van der Waals surface area contributed by atoms with Gasteiger partial charge in [-0.3, -0.25) is 4.79 Å². The first-order valence-electron chi connectivity index (χ1n) is 7.16. The molecule has 0 radical (unpaired) electrons. The Hall–Kier alpha value is -2.41. The Labute approximate surface area is 140 Å². The van der Waals surface area contributed by atoms with Gasteiger partial charge in [0, 0.05) is 0 Å². The molecule has 1 aromatic heterocycles. The fourth-order valence-electron chi connectivity index (χ4n) is 2.38. The minimum atomic E-state index is -4.48. The zero-order valence-electron chi connectivity index (χ0n) is 12.6. The highest BCUT2D eigenvalue weighted by Gasteiger charge is 2.33. The molecule has 0 spiro atoms. The first-order chi connectivity index (χ1) is 11.3. The van der Waals surface area contributed by atoms with Crippen molar-refractivity contribution in [2.24, 2.45) is 0 Å². The fourth-order valence-corrected chi connectivity index (χ4v) is 3.28. The average Bonchev–Trinajstić information content (AvgIpc) is 2.90. The molecule has 0 fully saturated rings. The fraction of sp³-hybridized carbons (Fsp3) is 0.176. The number of halogens is 3. The number of hydrogen-bond acceptors (Lipinski definition) is 3. The van der Waals surface area contributed by atoms with E-state index in [1.807, 2.05) is 31.2 Å². The van der Waals surface area contributed by atoms with Crippen LogP contribution in [0.4, 0.5) is 18.3 Å². The molecule has 0 saturated carbocycles. The summed E-state index contributed by atoms with van der Waals surface area (Å²) >= 11 is 1.03. The molecule has 0 saturated heterocycles. The van der Waals surface area contributed by atoms with Crippen molar-refractivity contribution >= 4 is 32.6 Å². The summed E-state index contributed by atoms with van der Waals surface area (Å²) in [6, 6.07) is 11.3. The maximum absolute atomic E-state index is 13.0. The predicted molar refractivity (Wildman–Crippen MR) is 88.1 cm³/mol. The van der Waals surface area contributed by atoms with Crippen LogP contribution in [0.25, 0.3) is 10.2 Å². The van der Waals surface area contributed by atoms with Crippen LogP contribution in [0.3, 0.4) is 0 Å². The second kappa shape index (κ2) is 6.24. The van der Waals surface area contributed by atoms with Crippen molar-refractivity contribution in [3.05, 3.63) is 59.2 Å². The second-order valence-electron chi connectivity index (χ2n) is 5.32. The summed E-state index contributed by atoms with van der Waals surface area (Å²) in [6.07, 6.45) is -4.33. The third-order valence-electron chi connectivity index (χ3n) is 3.58. The molecular formula is C17H13F3N2OS. The molecule has 0 unspecified atom stereocenters. The van der Waals surface area contributed by atoms with E-state index in [-0.39, 0.29) is 23.0 Å². The normalized spacial score (nSPS) is 11.7. The van der Waals surface area contributed by atoms with E-state index in [2.05, 4.69) is 10.3 Å². The van der Waals surface area contributed by atoms with Gasteiger partial charge in [-0.1, -0.05) is 41.7 Å². The minimum Gasteiger partial charge on any atom is -0.302 e. The number of aryl methyl sites for hydroxylation is 1. The Kier molecular flexibility index (Phi) is 4.28. The second-order valence-corrected chi connectivity index (χ2v) is 6.35. The molecule has 0 atom stereocenters. The zero-order valence-corrected chi connectivity index (χ0v) is 13.5. The molecule has 1 amide bonds. The van der Waals surface area contributed by atoms with E-state index in [0.717, 1.165) is 28.5 Å². The number of aromatic nitrogens is 1. The highest BCUT2D eigenvalue weighted by atomic mass is 32.1. The van der Waals surface area contributed by atoms with Crippen molar-refractivity contribution in [3.63, 3.8) is 0 Å². The predicted octanol–water partition coefficient (Wildman–Crippen LogP) is 4.80. The SMILES string of the molecule is Cc1ccccc1CC(=O)Nc1nc2c(C(F)(F)F)cccc2s1. The molecule has 3 aromatic rings. The summed E-state index contributed by atoms with van der Waals surface area (Å²) in [6.45, 7) is 1.90. The maximum Gasteiger partial charge on any atom is 0.418 e. The molecule has 0 aliphatic heterocycles. The van der Waals surface area contributed by atoms with Crippen LogP contribution in [0.2, 0.25) is 0 Å². The maximum atomic E-state index is 13.0. The van der Waals surface area contributed by atoms with Crippen LogP contribution in [0, 0.1) is 6.92 Å². The molecule has 1 N–H and O–H groups in total. The van der Waals surface area contributed by atoms with Crippen LogP contribution in [-0.2, 0) is 17.4 Å². The molecule has 124 valence electrons. The highest BCUT2D eigenvalue weighted by Crippen LogP contribution is 2.37. The number of nitrogens with one attached hydrogen (secondary N) is 1. The molecule has 24 heavy (non-hydrogen) atoms. The number of benzene rings is 2. The van der Waals surface area contributed by atoms with Gasteiger partial charge >= 0.3 is 6.18 Å². The van der Waals surface area contributed by atoms with Gasteiger partial charge in [0.1, 0.15) is 0 Å². The lowest BCUT2D eigenvalue weighted by Crippen LogP contribution is -2.14. The van der Waals surface area contributed by atoms with E-state index in [0.29, 0.717) is 4.70 Å². The monoisotopic (exact) mass is 350 g/mol. The zero-order chi connectivity index (χ0) is 17.3. The van der Waals surface area contributed by atoms with Crippen molar-refractivity contribution in [2.45, 2.75) is 19.5 Å². The van der Waals surface area contributed by atoms with Crippen LogP contribution in [0.15, 0.2) is 42.5 Å². The average molecular weight is 350 g/mol. The first kappa shape index (κ1) is 16.4. The molecule has 2 aromatic carbocycles. The van der Waals surface area contributed by atoms with Gasteiger partial charge in [0.15, 0.2) is 5.13 Å². The lowest BCUT2D eigenvalue weighted by Gasteiger charge is -2.06. The third-order valence-corrected chi connectivity index (χ3v) is 4.52. The van der Waals surface area contributed by atoms with Gasteiger partial charge in [-0.25, -0.2) is 4.98 Å². The van der Waals surface area contributed by atoms with E-state index >= 15 is 0 Å². The number of amides is 1. The van der Waals surface area contributed by atoms with E-state index in [1.54, 1.807) is 6.07 Å². The Balaban J connectivity index is 1.83. The third kappa shape index (κ3) is 3.41. The van der Waals surface area contributed by atoms with Crippen molar-refractivity contribution in [1.82, 2.24) is 4.98 Å². The summed E-state index contributed by atoms with van der Waals surface area (Å²) in [7, 11) is 0. The smallest absolute Gasteiger partial charge is 0.302 e. The highest BCUT2D eigenvalue weighted by molar-refractivity contribution is 7.22. The standard InChI is InChI=1S/C17H13F3N2OS/c1-10-5-2-3-6-11(10)9-14(23)21-16-22-15-12(17(18,19)20)7-4-8-13(15)24-16/h2-8H,9H2,1H3,(H,21,22,23).